The second kappa shape index (κ2) is 12.9. The Bertz CT molecular complexity index is 1350. The number of aliphatic hydroxyl groups excluding tert-OH is 1. The van der Waals surface area contributed by atoms with E-state index in [4.69, 9.17) is 9.47 Å². The van der Waals surface area contributed by atoms with Crippen molar-refractivity contribution in [3.63, 3.8) is 0 Å². The maximum absolute atomic E-state index is 12.4. The third kappa shape index (κ3) is 7.24. The number of urea groups is 1. The van der Waals surface area contributed by atoms with Crippen molar-refractivity contribution >= 4 is 23.5 Å². The minimum absolute atomic E-state index is 0.000826. The monoisotopic (exact) mass is 545 g/mol. The molecule has 2 heterocycles. The van der Waals surface area contributed by atoms with Gasteiger partial charge in [0.05, 0.1) is 18.8 Å². The van der Waals surface area contributed by atoms with Crippen LogP contribution in [0.2, 0.25) is 0 Å². The first-order chi connectivity index (χ1) is 19.1. The summed E-state index contributed by atoms with van der Waals surface area (Å²) >= 11 is 1.59. The number of anilines is 1. The van der Waals surface area contributed by atoms with Gasteiger partial charge in [-0.1, -0.05) is 78.5 Å². The Labute approximate surface area is 231 Å². The lowest BCUT2D eigenvalue weighted by Gasteiger charge is -2.36. The summed E-state index contributed by atoms with van der Waals surface area (Å²) in [6.45, 7) is 0.447. The number of hydrogen-bond acceptors (Lipinski definition) is 7. The van der Waals surface area contributed by atoms with Crippen molar-refractivity contribution in [2.24, 2.45) is 7.05 Å². The lowest BCUT2D eigenvalue weighted by atomic mass is 10.0. The Morgan fingerprint density at radius 2 is 1.74 bits per heavy atom. The van der Waals surface area contributed by atoms with E-state index in [0.717, 1.165) is 27.4 Å². The van der Waals surface area contributed by atoms with E-state index in [0.29, 0.717) is 24.4 Å². The molecule has 1 fully saturated rings. The number of nitrogens with one attached hydrogen (secondary N) is 2. The molecule has 2 amide bonds. The second-order valence-electron chi connectivity index (χ2n) is 9.30. The average Bonchev–Trinajstić information content (AvgIpc) is 3.40. The van der Waals surface area contributed by atoms with Gasteiger partial charge in [-0.25, -0.2) is 4.79 Å². The largest absolute Gasteiger partial charge is 0.392 e. The van der Waals surface area contributed by atoms with Crippen LogP contribution in [0.5, 0.6) is 0 Å². The Kier molecular flexibility index (Phi) is 8.89. The van der Waals surface area contributed by atoms with Crippen LogP contribution in [0.15, 0.2) is 90.3 Å². The minimum atomic E-state index is -0.577. The highest BCUT2D eigenvalue weighted by Gasteiger charge is 2.32. The first kappa shape index (κ1) is 26.9. The molecule has 0 bridgehead atoms. The van der Waals surface area contributed by atoms with Gasteiger partial charge in [0.15, 0.2) is 11.4 Å². The molecule has 0 saturated carbocycles. The number of amides is 2. The summed E-state index contributed by atoms with van der Waals surface area (Å²) in [5.41, 5.74) is 4.44. The summed E-state index contributed by atoms with van der Waals surface area (Å²) < 4.78 is 14.7. The molecule has 5 rings (SSSR count). The molecule has 1 aliphatic heterocycles. The zero-order chi connectivity index (χ0) is 27.0. The third-order valence-electron chi connectivity index (χ3n) is 6.42. The molecular weight excluding hydrogens is 514 g/mol. The van der Waals surface area contributed by atoms with Crippen LogP contribution < -0.4 is 10.6 Å². The Balaban J connectivity index is 1.25. The maximum Gasteiger partial charge on any atom is 0.319 e. The summed E-state index contributed by atoms with van der Waals surface area (Å²) in [5, 5.41) is 24.1. The topological polar surface area (TPSA) is 111 Å². The highest BCUT2D eigenvalue weighted by atomic mass is 32.2. The van der Waals surface area contributed by atoms with Crippen molar-refractivity contribution in [1.82, 2.24) is 20.1 Å². The lowest BCUT2D eigenvalue weighted by Crippen LogP contribution is -2.31. The van der Waals surface area contributed by atoms with E-state index in [2.05, 4.69) is 20.8 Å². The van der Waals surface area contributed by atoms with Crippen molar-refractivity contribution in [1.29, 1.82) is 0 Å². The highest BCUT2D eigenvalue weighted by molar-refractivity contribution is 7.99. The normalized spacial score (nSPS) is 19.0. The Morgan fingerprint density at radius 3 is 2.44 bits per heavy atom. The van der Waals surface area contributed by atoms with Gasteiger partial charge in [0.25, 0.3) is 0 Å². The molecule has 1 aliphatic rings. The molecule has 0 spiro atoms. The fraction of sp³-hybridized carbons (Fsp3) is 0.276. The number of thioether (sulfide) groups is 1. The van der Waals surface area contributed by atoms with Crippen LogP contribution in [0.3, 0.4) is 0 Å². The molecule has 4 aromatic rings. The van der Waals surface area contributed by atoms with E-state index in [1.54, 1.807) is 18.1 Å². The van der Waals surface area contributed by atoms with Crippen LogP contribution in [-0.4, -0.2) is 37.8 Å². The van der Waals surface area contributed by atoms with Gasteiger partial charge in [-0.05, 0) is 28.8 Å². The van der Waals surface area contributed by atoms with Crippen molar-refractivity contribution in [2.45, 2.75) is 43.2 Å². The predicted octanol–water partition coefficient (Wildman–Crippen LogP) is 4.97. The molecule has 39 heavy (non-hydrogen) atoms. The third-order valence-corrected chi connectivity index (χ3v) is 7.59. The molecule has 3 atom stereocenters. The van der Waals surface area contributed by atoms with Gasteiger partial charge in [-0.2, -0.15) is 0 Å². The van der Waals surface area contributed by atoms with E-state index in [-0.39, 0.29) is 24.8 Å². The van der Waals surface area contributed by atoms with E-state index < -0.39 is 6.29 Å². The molecule has 1 saturated heterocycles. The van der Waals surface area contributed by atoms with E-state index in [1.165, 1.54) is 0 Å². The number of carbonyl (C=O) groups is 1. The first-order valence-electron chi connectivity index (χ1n) is 12.7. The number of rotatable bonds is 9. The van der Waals surface area contributed by atoms with E-state index >= 15 is 0 Å². The van der Waals surface area contributed by atoms with Gasteiger partial charge >= 0.3 is 6.03 Å². The van der Waals surface area contributed by atoms with Gasteiger partial charge in [-0.15, -0.1) is 10.2 Å². The minimum Gasteiger partial charge on any atom is -0.392 e. The number of aromatic nitrogens is 3. The molecule has 0 radical (unpaired) electrons. The molecule has 3 aromatic carbocycles. The number of nitrogens with zero attached hydrogens (tertiary/aromatic N) is 3. The number of hydrogen-bond donors (Lipinski definition) is 3. The number of ether oxygens (including phenoxy) is 2. The molecule has 202 valence electrons. The van der Waals surface area contributed by atoms with Gasteiger partial charge in [-0.3, -0.25) is 0 Å². The van der Waals surface area contributed by atoms with Gasteiger partial charge in [0.1, 0.15) is 6.33 Å². The van der Waals surface area contributed by atoms with Crippen LogP contribution in [0.4, 0.5) is 10.5 Å². The van der Waals surface area contributed by atoms with Crippen LogP contribution in [0, 0.1) is 0 Å². The summed E-state index contributed by atoms with van der Waals surface area (Å²) in [6, 6.07) is 24.8. The summed E-state index contributed by atoms with van der Waals surface area (Å²) in [4.78, 5) is 12.4. The maximum atomic E-state index is 12.4. The van der Waals surface area contributed by atoms with Crippen molar-refractivity contribution in [3.05, 3.63) is 107 Å². The van der Waals surface area contributed by atoms with E-state index in [9.17, 15) is 9.90 Å². The van der Waals surface area contributed by atoms with Crippen molar-refractivity contribution < 1.29 is 19.4 Å². The van der Waals surface area contributed by atoms with Crippen molar-refractivity contribution in [2.75, 3.05) is 11.1 Å². The highest BCUT2D eigenvalue weighted by Crippen LogP contribution is 2.39. The number of benzene rings is 3. The van der Waals surface area contributed by atoms with E-state index in [1.807, 2.05) is 90.5 Å². The SMILES string of the molecule is Cn1cnnc1SC[C@@H]1C[C@H](c2ccc(CO)cc2)O[C@H](c2ccc(NC(=O)NCc3ccccc3)cc2)O1. The average molecular weight is 546 g/mol. The van der Waals surface area contributed by atoms with Gasteiger partial charge in [0, 0.05) is 37.0 Å². The van der Waals surface area contributed by atoms with Crippen LogP contribution >= 0.6 is 11.8 Å². The molecular formula is C29H31N5O4S. The Hall–Kier alpha value is -3.70. The van der Waals surface area contributed by atoms with Crippen LogP contribution in [0.1, 0.15) is 41.1 Å². The molecule has 9 nitrogen and oxygen atoms in total. The number of aliphatic hydroxyl groups is 1. The molecule has 10 heteroatoms. The lowest BCUT2D eigenvalue weighted by molar-refractivity contribution is -0.245. The second-order valence-corrected chi connectivity index (χ2v) is 10.3. The zero-order valence-corrected chi connectivity index (χ0v) is 22.4. The number of aryl methyl sites for hydroxylation is 1. The van der Waals surface area contributed by atoms with Crippen LogP contribution in [0.25, 0.3) is 0 Å². The summed E-state index contributed by atoms with van der Waals surface area (Å²) in [6.07, 6.45) is 1.52. The number of carbonyl (C=O) groups excluding carboxylic acids is 1. The quantitative estimate of drug-likeness (QED) is 0.255. The molecule has 1 aromatic heterocycles. The summed E-state index contributed by atoms with van der Waals surface area (Å²) in [7, 11) is 1.92. The standard InChI is InChI=1S/C29H31N5O4S/c1-34-19-31-33-29(34)39-18-25-15-26(22-9-7-21(17-35)8-10-22)38-27(37-25)23-11-13-24(14-12-23)32-28(36)30-16-20-5-3-2-4-6-20/h2-14,19,25-27,35H,15-18H2,1H3,(H2,30,32,36)/t25-,26+,27+/m0/s1. The zero-order valence-electron chi connectivity index (χ0n) is 21.6. The fourth-order valence-electron chi connectivity index (χ4n) is 4.27. The smallest absolute Gasteiger partial charge is 0.319 e. The molecule has 3 N–H and O–H groups in total. The predicted molar refractivity (Wildman–Crippen MR) is 149 cm³/mol. The Morgan fingerprint density at radius 1 is 1.00 bits per heavy atom. The molecule has 0 unspecified atom stereocenters. The van der Waals surface area contributed by atoms with Crippen molar-refractivity contribution in [3.8, 4) is 0 Å². The fourth-order valence-corrected chi connectivity index (χ4v) is 5.18. The first-order valence-corrected chi connectivity index (χ1v) is 13.7. The van der Waals surface area contributed by atoms with Crippen LogP contribution in [-0.2, 0) is 29.7 Å². The van der Waals surface area contributed by atoms with Gasteiger partial charge < -0.3 is 29.8 Å². The molecule has 0 aliphatic carbocycles. The summed E-state index contributed by atoms with van der Waals surface area (Å²) in [5.74, 6) is 0.693. The van der Waals surface area contributed by atoms with Gasteiger partial charge in [0.2, 0.25) is 0 Å².